The van der Waals surface area contributed by atoms with Crippen LogP contribution in [0.2, 0.25) is 0 Å². The van der Waals surface area contributed by atoms with Crippen molar-refractivity contribution < 1.29 is 4.52 Å². The zero-order valence-corrected chi connectivity index (χ0v) is 17.7. The van der Waals surface area contributed by atoms with Gasteiger partial charge in [-0.1, -0.05) is 5.16 Å². The first kappa shape index (κ1) is 20.0. The summed E-state index contributed by atoms with van der Waals surface area (Å²) in [6, 6.07) is 4.76. The molecule has 3 rings (SSSR count). The molecule has 0 unspecified atom stereocenters. The van der Waals surface area contributed by atoms with Crippen molar-refractivity contribution in [2.24, 2.45) is 4.99 Å². The number of aryl methyl sites for hydroxylation is 1. The normalized spacial score (nSPS) is 15.8. The van der Waals surface area contributed by atoms with Crippen molar-refractivity contribution in [3.05, 3.63) is 29.2 Å². The third kappa shape index (κ3) is 5.84. The quantitative estimate of drug-likeness (QED) is 0.392. The lowest BCUT2D eigenvalue weighted by atomic mass is 10.1. The van der Waals surface area contributed by atoms with E-state index in [1.54, 1.807) is 7.05 Å². The Bertz CT molecular complexity index is 651. The fraction of sp³-hybridized carbons (Fsp3) is 0.562. The second-order valence-electron chi connectivity index (χ2n) is 5.84. The van der Waals surface area contributed by atoms with Crippen molar-refractivity contribution in [2.75, 3.05) is 31.6 Å². The Labute approximate surface area is 169 Å². The van der Waals surface area contributed by atoms with Gasteiger partial charge in [0, 0.05) is 39.1 Å². The van der Waals surface area contributed by atoms with E-state index in [4.69, 9.17) is 4.52 Å². The van der Waals surface area contributed by atoms with E-state index in [-0.39, 0.29) is 24.0 Å². The lowest BCUT2D eigenvalue weighted by Crippen LogP contribution is -2.49. The lowest BCUT2D eigenvalue weighted by molar-refractivity contribution is 0.374. The Kier molecular flexibility index (Phi) is 7.94. The van der Waals surface area contributed by atoms with Gasteiger partial charge in [-0.25, -0.2) is 0 Å². The average molecular weight is 476 g/mol. The molecule has 0 amide bonds. The molecule has 0 radical (unpaired) electrons. The Morgan fingerprint density at radius 3 is 2.84 bits per heavy atom. The van der Waals surface area contributed by atoms with E-state index in [0.717, 1.165) is 38.4 Å². The molecule has 1 aliphatic heterocycles. The van der Waals surface area contributed by atoms with Gasteiger partial charge in [-0.15, -0.1) is 35.3 Å². The lowest BCUT2D eigenvalue weighted by Gasteiger charge is -2.33. The summed E-state index contributed by atoms with van der Waals surface area (Å²) in [5, 5.41) is 14.1. The first-order valence-electron chi connectivity index (χ1n) is 8.29. The Morgan fingerprint density at radius 2 is 2.24 bits per heavy atom. The summed E-state index contributed by atoms with van der Waals surface area (Å²) in [6.45, 7) is 4.70. The predicted octanol–water partition coefficient (Wildman–Crippen LogP) is 2.43. The number of guanidine groups is 1. The summed E-state index contributed by atoms with van der Waals surface area (Å²) < 4.78 is 5.11. The molecule has 7 nitrogen and oxygen atoms in total. The summed E-state index contributed by atoms with van der Waals surface area (Å²) in [6.07, 6.45) is 2.92. The maximum Gasteiger partial charge on any atom is 0.228 e. The highest BCUT2D eigenvalue weighted by Crippen LogP contribution is 2.24. The van der Waals surface area contributed by atoms with Crippen LogP contribution in [-0.2, 0) is 6.42 Å². The molecule has 138 valence electrons. The third-order valence-corrected chi connectivity index (χ3v) is 5.01. The van der Waals surface area contributed by atoms with Gasteiger partial charge in [0.25, 0.3) is 0 Å². The number of hydrogen-bond donors (Lipinski definition) is 2. The van der Waals surface area contributed by atoms with Crippen LogP contribution >= 0.6 is 35.3 Å². The highest BCUT2D eigenvalue weighted by atomic mass is 127. The van der Waals surface area contributed by atoms with Crippen molar-refractivity contribution >= 4 is 46.3 Å². The van der Waals surface area contributed by atoms with Gasteiger partial charge in [0.2, 0.25) is 5.89 Å². The Hall–Kier alpha value is -1.36. The van der Waals surface area contributed by atoms with Crippen LogP contribution in [0.3, 0.4) is 0 Å². The summed E-state index contributed by atoms with van der Waals surface area (Å²) in [4.78, 5) is 11.0. The van der Waals surface area contributed by atoms with E-state index in [1.165, 1.54) is 5.00 Å². The van der Waals surface area contributed by atoms with Crippen molar-refractivity contribution in [3.63, 3.8) is 0 Å². The van der Waals surface area contributed by atoms with Crippen LogP contribution in [0.5, 0.6) is 0 Å². The fourth-order valence-corrected chi connectivity index (χ4v) is 3.60. The molecule has 2 aromatic heterocycles. The molecule has 3 heterocycles. The minimum atomic E-state index is 0. The van der Waals surface area contributed by atoms with Gasteiger partial charge < -0.3 is 20.1 Å². The molecular weight excluding hydrogens is 451 g/mol. The largest absolute Gasteiger partial charge is 0.363 e. The number of nitrogens with one attached hydrogen (secondary N) is 2. The van der Waals surface area contributed by atoms with E-state index in [2.05, 4.69) is 48.2 Å². The molecule has 0 bridgehead atoms. The number of piperidine rings is 1. The topological polar surface area (TPSA) is 78.6 Å². The van der Waals surface area contributed by atoms with Crippen molar-refractivity contribution in [3.8, 4) is 0 Å². The van der Waals surface area contributed by atoms with Crippen LogP contribution < -0.4 is 15.5 Å². The van der Waals surface area contributed by atoms with Gasteiger partial charge in [-0.05, 0) is 37.3 Å². The predicted molar refractivity (Wildman–Crippen MR) is 112 cm³/mol. The first-order chi connectivity index (χ1) is 11.7. The molecule has 1 saturated heterocycles. The second-order valence-corrected chi connectivity index (χ2v) is 6.77. The van der Waals surface area contributed by atoms with Crippen LogP contribution in [0.25, 0.3) is 0 Å². The van der Waals surface area contributed by atoms with Crippen molar-refractivity contribution in [2.45, 2.75) is 32.2 Å². The summed E-state index contributed by atoms with van der Waals surface area (Å²) in [5.74, 6) is 2.16. The van der Waals surface area contributed by atoms with E-state index < -0.39 is 0 Å². The molecule has 0 aliphatic carbocycles. The molecule has 2 N–H and O–H groups in total. The summed E-state index contributed by atoms with van der Waals surface area (Å²) >= 11 is 1.81. The molecule has 1 aliphatic rings. The first-order valence-corrected chi connectivity index (χ1v) is 9.17. The molecule has 0 spiro atoms. The number of aliphatic imine (C=N–C) groups is 1. The Balaban J connectivity index is 0.00000225. The number of thiophene rings is 1. The molecule has 0 aromatic carbocycles. The van der Waals surface area contributed by atoms with E-state index in [0.29, 0.717) is 24.2 Å². The van der Waals surface area contributed by atoms with E-state index >= 15 is 0 Å². The average Bonchev–Trinajstić information content (AvgIpc) is 3.26. The van der Waals surface area contributed by atoms with Gasteiger partial charge in [-0.2, -0.15) is 4.98 Å². The van der Waals surface area contributed by atoms with Crippen LogP contribution in [0.1, 0.15) is 24.6 Å². The zero-order valence-electron chi connectivity index (χ0n) is 14.6. The zero-order chi connectivity index (χ0) is 16.8. The second kappa shape index (κ2) is 9.95. The minimum Gasteiger partial charge on any atom is -0.363 e. The summed E-state index contributed by atoms with van der Waals surface area (Å²) in [7, 11) is 1.80. The number of aromatic nitrogens is 2. The molecule has 0 saturated carbocycles. The van der Waals surface area contributed by atoms with Crippen LogP contribution in [0.4, 0.5) is 5.00 Å². The van der Waals surface area contributed by atoms with Crippen LogP contribution in [-0.4, -0.2) is 48.8 Å². The molecular formula is C16H25IN6OS. The molecule has 9 heteroatoms. The molecule has 0 atom stereocenters. The monoisotopic (exact) mass is 476 g/mol. The van der Waals surface area contributed by atoms with Gasteiger partial charge in [-0.3, -0.25) is 4.99 Å². The van der Waals surface area contributed by atoms with E-state index in [9.17, 15) is 0 Å². The molecule has 25 heavy (non-hydrogen) atoms. The smallest absolute Gasteiger partial charge is 0.228 e. The number of anilines is 1. The molecule has 2 aromatic rings. The number of halogens is 1. The van der Waals surface area contributed by atoms with Crippen molar-refractivity contribution in [1.82, 2.24) is 20.8 Å². The van der Waals surface area contributed by atoms with Gasteiger partial charge in [0.15, 0.2) is 11.8 Å². The minimum absolute atomic E-state index is 0. The number of hydrogen-bond acceptors (Lipinski definition) is 6. The highest BCUT2D eigenvalue weighted by molar-refractivity contribution is 14.0. The SMILES string of the molecule is CN=C(NCCc1nc(C)no1)NC1CCN(c2cccs2)CC1.I. The van der Waals surface area contributed by atoms with Gasteiger partial charge >= 0.3 is 0 Å². The number of rotatable bonds is 5. The van der Waals surface area contributed by atoms with Gasteiger partial charge in [0.05, 0.1) is 5.00 Å². The number of nitrogens with zero attached hydrogens (tertiary/aromatic N) is 4. The van der Waals surface area contributed by atoms with Crippen LogP contribution in [0.15, 0.2) is 27.0 Å². The maximum atomic E-state index is 5.11. The third-order valence-electron chi connectivity index (χ3n) is 4.08. The standard InChI is InChI=1S/C16H24N6OS.HI/c1-12-19-14(23-21-12)5-8-18-16(17-2)20-13-6-9-22(10-7-13)15-4-3-11-24-15;/h3-4,11,13H,5-10H2,1-2H3,(H2,17,18,20);1H. The fourth-order valence-electron chi connectivity index (χ4n) is 2.81. The highest BCUT2D eigenvalue weighted by Gasteiger charge is 2.20. The van der Waals surface area contributed by atoms with Crippen molar-refractivity contribution in [1.29, 1.82) is 0 Å². The van der Waals surface area contributed by atoms with E-state index in [1.807, 2.05) is 18.3 Å². The molecule has 1 fully saturated rings. The van der Waals surface area contributed by atoms with Gasteiger partial charge in [0.1, 0.15) is 0 Å². The summed E-state index contributed by atoms with van der Waals surface area (Å²) in [5.41, 5.74) is 0. The maximum absolute atomic E-state index is 5.11. The Morgan fingerprint density at radius 1 is 1.44 bits per heavy atom. The van der Waals surface area contributed by atoms with Crippen LogP contribution in [0, 0.1) is 6.92 Å².